The van der Waals surface area contributed by atoms with Gasteiger partial charge in [-0.05, 0) is 128 Å². The number of hydrogen-bond donors (Lipinski definition) is 0. The van der Waals surface area contributed by atoms with Crippen molar-refractivity contribution in [3.63, 3.8) is 0 Å². The van der Waals surface area contributed by atoms with Gasteiger partial charge in [-0.1, -0.05) is 271 Å². The van der Waals surface area contributed by atoms with Crippen LogP contribution in [0.4, 0.5) is 0 Å². The van der Waals surface area contributed by atoms with Crippen molar-refractivity contribution in [3.05, 3.63) is 109 Å². The summed E-state index contributed by atoms with van der Waals surface area (Å²) in [5.74, 6) is -0.903. The second-order valence-electron chi connectivity index (χ2n) is 21.6. The van der Waals surface area contributed by atoms with E-state index in [-0.39, 0.29) is 31.1 Å². The van der Waals surface area contributed by atoms with Crippen LogP contribution in [-0.2, 0) is 28.6 Å². The van der Waals surface area contributed by atoms with Gasteiger partial charge < -0.3 is 14.2 Å². The molecule has 6 heteroatoms. The summed E-state index contributed by atoms with van der Waals surface area (Å²) in [5.41, 5.74) is 0. The first kappa shape index (κ1) is 74.1. The maximum absolute atomic E-state index is 12.9. The summed E-state index contributed by atoms with van der Waals surface area (Å²) < 4.78 is 16.9. The lowest BCUT2D eigenvalue weighted by Gasteiger charge is -2.18. The first-order valence-corrected chi connectivity index (χ1v) is 32.9. The summed E-state index contributed by atoms with van der Waals surface area (Å²) in [6.07, 6.45) is 89.5. The molecule has 0 heterocycles. The average molecular weight is 1080 g/mol. The van der Waals surface area contributed by atoms with Crippen LogP contribution in [0.25, 0.3) is 0 Å². The van der Waals surface area contributed by atoms with Gasteiger partial charge in [0.1, 0.15) is 13.2 Å². The van der Waals surface area contributed by atoms with Gasteiger partial charge in [-0.3, -0.25) is 14.4 Å². The van der Waals surface area contributed by atoms with Crippen LogP contribution >= 0.6 is 0 Å². The van der Waals surface area contributed by atoms with Crippen LogP contribution in [0.3, 0.4) is 0 Å². The topological polar surface area (TPSA) is 78.9 Å². The van der Waals surface area contributed by atoms with Gasteiger partial charge in [0.25, 0.3) is 0 Å². The lowest BCUT2D eigenvalue weighted by Crippen LogP contribution is -2.30. The molecular formula is C72H122O6. The number of carbonyl (C=O) groups is 3. The molecule has 0 fully saturated rings. The monoisotopic (exact) mass is 1080 g/mol. The van der Waals surface area contributed by atoms with Crippen molar-refractivity contribution in [3.8, 4) is 0 Å². The first-order chi connectivity index (χ1) is 38.5. The number of ether oxygens (including phenoxy) is 3. The third-order valence-corrected chi connectivity index (χ3v) is 14.0. The van der Waals surface area contributed by atoms with E-state index in [4.69, 9.17) is 14.2 Å². The van der Waals surface area contributed by atoms with E-state index in [1.54, 1.807) is 0 Å². The number of rotatable bonds is 59. The van der Waals surface area contributed by atoms with Crippen LogP contribution in [0.1, 0.15) is 310 Å². The minimum Gasteiger partial charge on any atom is -0.462 e. The number of allylic oxidation sites excluding steroid dienone is 18. The molecule has 1 atom stereocenters. The van der Waals surface area contributed by atoms with Gasteiger partial charge >= 0.3 is 17.9 Å². The van der Waals surface area contributed by atoms with Crippen molar-refractivity contribution in [1.29, 1.82) is 0 Å². The molecule has 0 bridgehead atoms. The fourth-order valence-electron chi connectivity index (χ4n) is 9.06. The minimum absolute atomic E-state index is 0.0873. The highest BCUT2D eigenvalue weighted by Gasteiger charge is 2.19. The van der Waals surface area contributed by atoms with Gasteiger partial charge in [-0.2, -0.15) is 0 Å². The molecule has 0 aliphatic rings. The maximum atomic E-state index is 12.9. The van der Waals surface area contributed by atoms with E-state index < -0.39 is 6.10 Å². The third-order valence-electron chi connectivity index (χ3n) is 14.0. The van der Waals surface area contributed by atoms with E-state index >= 15 is 0 Å². The molecule has 0 aromatic heterocycles. The largest absolute Gasteiger partial charge is 0.462 e. The summed E-state index contributed by atoms with van der Waals surface area (Å²) in [5, 5.41) is 0. The zero-order chi connectivity index (χ0) is 56.4. The molecule has 0 spiro atoms. The number of hydrogen-bond acceptors (Lipinski definition) is 6. The lowest BCUT2D eigenvalue weighted by atomic mass is 10.0. The number of unbranched alkanes of at least 4 members (excludes halogenated alkanes) is 30. The Morgan fingerprint density at radius 1 is 0.269 bits per heavy atom. The zero-order valence-electron chi connectivity index (χ0n) is 51.2. The quantitative estimate of drug-likeness (QED) is 0.0261. The van der Waals surface area contributed by atoms with E-state index in [0.29, 0.717) is 19.3 Å². The molecule has 78 heavy (non-hydrogen) atoms. The summed E-state index contributed by atoms with van der Waals surface area (Å²) in [4.78, 5) is 38.4. The number of esters is 3. The highest BCUT2D eigenvalue weighted by Crippen LogP contribution is 2.16. The summed E-state index contributed by atoms with van der Waals surface area (Å²) in [6, 6.07) is 0. The molecule has 0 N–H and O–H groups in total. The molecule has 6 nitrogen and oxygen atoms in total. The lowest BCUT2D eigenvalue weighted by molar-refractivity contribution is -0.167. The maximum Gasteiger partial charge on any atom is 0.306 e. The Labute approximate surface area is 482 Å². The molecule has 0 aromatic carbocycles. The van der Waals surface area contributed by atoms with Gasteiger partial charge in [-0.25, -0.2) is 0 Å². The molecular weight excluding hydrogens is 961 g/mol. The fourth-order valence-corrected chi connectivity index (χ4v) is 9.06. The molecule has 446 valence electrons. The van der Waals surface area contributed by atoms with E-state index in [9.17, 15) is 14.4 Å². The van der Waals surface area contributed by atoms with Gasteiger partial charge in [0, 0.05) is 19.3 Å². The fraction of sp³-hybridized carbons (Fsp3) is 0.708. The molecule has 0 amide bonds. The highest BCUT2D eigenvalue weighted by atomic mass is 16.6. The Morgan fingerprint density at radius 3 is 0.808 bits per heavy atom. The van der Waals surface area contributed by atoms with Crippen LogP contribution in [0.15, 0.2) is 109 Å². The van der Waals surface area contributed by atoms with Crippen LogP contribution in [-0.4, -0.2) is 37.2 Å². The highest BCUT2D eigenvalue weighted by molar-refractivity contribution is 5.71. The van der Waals surface area contributed by atoms with Crippen molar-refractivity contribution in [2.24, 2.45) is 0 Å². The van der Waals surface area contributed by atoms with Crippen molar-refractivity contribution in [2.75, 3.05) is 13.2 Å². The zero-order valence-corrected chi connectivity index (χ0v) is 51.2. The molecule has 1 unspecified atom stereocenters. The Hall–Kier alpha value is -3.93. The summed E-state index contributed by atoms with van der Waals surface area (Å²) >= 11 is 0. The molecule has 0 saturated heterocycles. The van der Waals surface area contributed by atoms with Crippen LogP contribution < -0.4 is 0 Å². The first-order valence-electron chi connectivity index (χ1n) is 32.9. The van der Waals surface area contributed by atoms with Crippen molar-refractivity contribution in [1.82, 2.24) is 0 Å². The molecule has 0 saturated carbocycles. The Bertz CT molecular complexity index is 1570. The van der Waals surface area contributed by atoms with Crippen molar-refractivity contribution < 1.29 is 28.6 Å². The predicted octanol–water partition coefficient (Wildman–Crippen LogP) is 22.6. The van der Waals surface area contributed by atoms with Crippen molar-refractivity contribution >= 4 is 17.9 Å². The van der Waals surface area contributed by atoms with Crippen LogP contribution in [0, 0.1) is 0 Å². The Balaban J connectivity index is 4.35. The summed E-state index contributed by atoms with van der Waals surface area (Å²) in [6.45, 7) is 6.49. The van der Waals surface area contributed by atoms with Gasteiger partial charge in [0.05, 0.1) is 0 Å². The van der Waals surface area contributed by atoms with Gasteiger partial charge in [-0.15, -0.1) is 0 Å². The van der Waals surface area contributed by atoms with E-state index in [0.717, 1.165) is 122 Å². The molecule has 0 aliphatic carbocycles. The molecule has 0 aliphatic heterocycles. The summed E-state index contributed by atoms with van der Waals surface area (Å²) in [7, 11) is 0. The smallest absolute Gasteiger partial charge is 0.306 e. The molecule has 0 rings (SSSR count). The molecule has 0 radical (unpaired) electrons. The second-order valence-corrected chi connectivity index (χ2v) is 21.6. The van der Waals surface area contributed by atoms with Gasteiger partial charge in [0.15, 0.2) is 6.10 Å². The predicted molar refractivity (Wildman–Crippen MR) is 339 cm³/mol. The average Bonchev–Trinajstić information content (AvgIpc) is 3.44. The Morgan fingerprint density at radius 2 is 0.500 bits per heavy atom. The third kappa shape index (κ3) is 62.9. The van der Waals surface area contributed by atoms with Crippen LogP contribution in [0.2, 0.25) is 0 Å². The molecule has 0 aromatic rings. The van der Waals surface area contributed by atoms with Gasteiger partial charge in [0.2, 0.25) is 0 Å². The van der Waals surface area contributed by atoms with E-state index in [1.807, 2.05) is 0 Å². The van der Waals surface area contributed by atoms with Crippen molar-refractivity contribution in [2.45, 2.75) is 316 Å². The Kier molecular flexibility index (Phi) is 62.3. The van der Waals surface area contributed by atoms with E-state index in [2.05, 4.69) is 130 Å². The van der Waals surface area contributed by atoms with Crippen LogP contribution in [0.5, 0.6) is 0 Å². The number of carbonyl (C=O) groups excluding carboxylic acids is 3. The normalized spacial score (nSPS) is 12.8. The minimum atomic E-state index is -0.792. The standard InChI is InChI=1S/C72H122O6/c1-4-7-10-13-16-19-22-25-28-31-32-33-34-35-36-37-38-39-40-42-44-47-50-53-56-59-62-65-71(74)77-68-69(67-76-70(73)64-61-58-55-52-49-46-43-30-27-24-21-18-15-12-9-6-3)78-72(75)66-63-60-57-54-51-48-45-41-29-26-23-20-17-14-11-8-5-2/h7,10,16-17,19-21,24-26,28-30,32-33,35-36,43,69H,4-6,8-9,11-15,18,22-23,27,31,34,37-42,44-68H2,1-3H3/b10-7-,19-16-,20-17-,24-21-,28-25-,29-26-,33-32-,36-35-,43-30-. The SMILES string of the molecule is CC/C=C\C/C=C\C/C=C\C/C=C\C/C=C\CCCCCCCCCCCCCC(=O)OCC(COC(=O)CCCCCCC/C=C\C/C=C\CCCCCC)OC(=O)CCCCCCCCC/C=C\C/C=C\CCCCC. The second kappa shape index (κ2) is 65.6. The van der Waals surface area contributed by atoms with E-state index in [1.165, 1.54) is 148 Å².